The summed E-state index contributed by atoms with van der Waals surface area (Å²) in [6.07, 6.45) is 7.36. The van der Waals surface area contributed by atoms with Crippen LogP contribution < -0.4 is 10.9 Å². The fraction of sp³-hybridized carbons (Fsp3) is 0.261. The Bertz CT molecular complexity index is 1300. The van der Waals surface area contributed by atoms with Crippen LogP contribution in [0, 0.1) is 11.6 Å². The molecule has 0 fully saturated rings. The molecule has 0 aliphatic heterocycles. The zero-order chi connectivity index (χ0) is 21.4. The molecule has 31 heavy (non-hydrogen) atoms. The molecule has 3 heterocycles. The van der Waals surface area contributed by atoms with Gasteiger partial charge in [0.1, 0.15) is 16.5 Å². The minimum Gasteiger partial charge on any atom is -0.309 e. The van der Waals surface area contributed by atoms with Gasteiger partial charge in [-0.05, 0) is 60.7 Å². The molecular weight excluding hydrogens is 418 g/mol. The largest absolute Gasteiger partial charge is 0.309 e. The normalized spacial score (nSPS) is 15.9. The highest BCUT2D eigenvalue weighted by molar-refractivity contribution is 7.18. The third kappa shape index (κ3) is 4.00. The molecule has 8 heteroatoms. The lowest BCUT2D eigenvalue weighted by atomic mass is 9.93. The number of aromatic nitrogens is 3. The summed E-state index contributed by atoms with van der Waals surface area (Å²) in [5, 5.41) is 4.05. The molecule has 0 amide bonds. The number of hydrogen-bond donors (Lipinski definition) is 1. The minimum atomic E-state index is -0.442. The van der Waals surface area contributed by atoms with Gasteiger partial charge in [0.2, 0.25) is 0 Å². The predicted molar refractivity (Wildman–Crippen MR) is 116 cm³/mol. The fourth-order valence-electron chi connectivity index (χ4n) is 4.11. The van der Waals surface area contributed by atoms with Crippen LogP contribution in [0.1, 0.15) is 28.0 Å². The van der Waals surface area contributed by atoms with Gasteiger partial charge in [0.05, 0.1) is 18.3 Å². The molecule has 0 radical (unpaired) electrons. The van der Waals surface area contributed by atoms with E-state index >= 15 is 0 Å². The van der Waals surface area contributed by atoms with Crippen molar-refractivity contribution in [3.05, 3.63) is 92.6 Å². The van der Waals surface area contributed by atoms with E-state index in [4.69, 9.17) is 0 Å². The molecule has 3 aromatic heterocycles. The third-order valence-corrected chi connectivity index (χ3v) is 6.89. The maximum Gasteiger partial charge on any atom is 0.262 e. The average molecular weight is 439 g/mol. The van der Waals surface area contributed by atoms with Crippen molar-refractivity contribution in [1.29, 1.82) is 0 Å². The molecule has 158 valence electrons. The molecular formula is C23H20F2N4OS. The topological polar surface area (TPSA) is 59.8 Å². The first-order chi connectivity index (χ1) is 15.1. The van der Waals surface area contributed by atoms with E-state index in [1.54, 1.807) is 34.6 Å². The summed E-state index contributed by atoms with van der Waals surface area (Å²) in [6.45, 7) is 0.726. The number of hydrogen-bond acceptors (Lipinski definition) is 5. The van der Waals surface area contributed by atoms with Crippen molar-refractivity contribution in [2.24, 2.45) is 0 Å². The number of aryl methyl sites for hydroxylation is 1. The van der Waals surface area contributed by atoms with Crippen LogP contribution in [0.4, 0.5) is 8.78 Å². The smallest absolute Gasteiger partial charge is 0.262 e. The molecule has 4 aromatic rings. The molecule has 0 bridgehead atoms. The van der Waals surface area contributed by atoms with Gasteiger partial charge < -0.3 is 5.32 Å². The first kappa shape index (κ1) is 20.0. The second-order valence-corrected chi connectivity index (χ2v) is 8.86. The highest BCUT2D eigenvalue weighted by Gasteiger charge is 2.25. The highest BCUT2D eigenvalue weighted by Crippen LogP contribution is 2.33. The Balaban J connectivity index is 1.36. The van der Waals surface area contributed by atoms with Crippen LogP contribution in [0.25, 0.3) is 10.2 Å². The van der Waals surface area contributed by atoms with E-state index in [1.807, 2.05) is 12.1 Å². The first-order valence-corrected chi connectivity index (χ1v) is 11.0. The van der Waals surface area contributed by atoms with E-state index in [2.05, 4.69) is 15.3 Å². The van der Waals surface area contributed by atoms with Crippen LogP contribution in [-0.4, -0.2) is 20.6 Å². The van der Waals surface area contributed by atoms with E-state index in [1.165, 1.54) is 6.07 Å². The van der Waals surface area contributed by atoms with Gasteiger partial charge in [-0.25, -0.2) is 13.8 Å². The number of pyridine rings is 1. The summed E-state index contributed by atoms with van der Waals surface area (Å²) in [5.41, 5.74) is 2.38. The molecule has 1 N–H and O–H groups in total. The summed E-state index contributed by atoms with van der Waals surface area (Å²) < 4.78 is 28.9. The van der Waals surface area contributed by atoms with E-state index in [-0.39, 0.29) is 18.1 Å². The minimum absolute atomic E-state index is 0.0208. The Morgan fingerprint density at radius 2 is 2.03 bits per heavy atom. The zero-order valence-electron chi connectivity index (χ0n) is 16.6. The first-order valence-electron chi connectivity index (χ1n) is 10.1. The lowest BCUT2D eigenvalue weighted by Gasteiger charge is -2.23. The molecule has 0 unspecified atom stereocenters. The van der Waals surface area contributed by atoms with E-state index < -0.39 is 11.6 Å². The maximum absolute atomic E-state index is 13.9. The van der Waals surface area contributed by atoms with Crippen molar-refractivity contribution in [2.45, 2.75) is 38.4 Å². The molecule has 1 aromatic carbocycles. The summed E-state index contributed by atoms with van der Waals surface area (Å²) in [4.78, 5) is 23.6. The average Bonchev–Trinajstić information content (AvgIpc) is 3.15. The van der Waals surface area contributed by atoms with Crippen molar-refractivity contribution in [1.82, 2.24) is 19.9 Å². The summed E-state index contributed by atoms with van der Waals surface area (Å²) >= 11 is 1.55. The Morgan fingerprint density at radius 3 is 2.87 bits per heavy atom. The molecule has 1 aliphatic rings. The molecule has 1 aliphatic carbocycles. The van der Waals surface area contributed by atoms with Crippen LogP contribution in [-0.2, 0) is 25.9 Å². The van der Waals surface area contributed by atoms with Crippen molar-refractivity contribution in [3.8, 4) is 0 Å². The van der Waals surface area contributed by atoms with Gasteiger partial charge in [-0.1, -0.05) is 0 Å². The van der Waals surface area contributed by atoms with Crippen LogP contribution in [0.15, 0.2) is 53.8 Å². The molecule has 5 rings (SSSR count). The number of halogens is 2. The zero-order valence-corrected chi connectivity index (χ0v) is 17.5. The standard InChI is InChI=1S/C23H20F2N4OS/c24-16-1-4-19(25)15(9-16)11-27-17-2-3-18-20(10-17)31-22-21(18)23(30)29(13-28-22)12-14-5-7-26-8-6-14/h1,4-9,13,17,27H,2-3,10-12H2/t17-/m1/s1. The molecule has 5 nitrogen and oxygen atoms in total. The fourth-order valence-corrected chi connectivity index (χ4v) is 5.36. The second-order valence-electron chi connectivity index (χ2n) is 7.77. The third-order valence-electron chi connectivity index (χ3n) is 5.73. The number of nitrogens with one attached hydrogen (secondary N) is 1. The van der Waals surface area contributed by atoms with Crippen molar-refractivity contribution < 1.29 is 8.78 Å². The number of rotatable bonds is 5. The van der Waals surface area contributed by atoms with Gasteiger partial charge in [0.15, 0.2) is 0 Å². The van der Waals surface area contributed by atoms with Crippen molar-refractivity contribution >= 4 is 21.6 Å². The van der Waals surface area contributed by atoms with Gasteiger partial charge in [-0.15, -0.1) is 11.3 Å². The lowest BCUT2D eigenvalue weighted by Crippen LogP contribution is -2.34. The maximum atomic E-state index is 13.9. The van der Waals surface area contributed by atoms with Crippen molar-refractivity contribution in [2.75, 3.05) is 0 Å². The molecule has 0 saturated heterocycles. The van der Waals surface area contributed by atoms with Gasteiger partial charge in [-0.2, -0.15) is 0 Å². The van der Waals surface area contributed by atoms with E-state index in [0.717, 1.165) is 52.2 Å². The lowest BCUT2D eigenvalue weighted by molar-refractivity contribution is 0.454. The van der Waals surface area contributed by atoms with Crippen LogP contribution in [0.2, 0.25) is 0 Å². The Labute approximate surface area is 181 Å². The van der Waals surface area contributed by atoms with Gasteiger partial charge in [0, 0.05) is 35.4 Å². The van der Waals surface area contributed by atoms with Crippen LogP contribution in [0.5, 0.6) is 0 Å². The van der Waals surface area contributed by atoms with E-state index in [9.17, 15) is 13.6 Å². The summed E-state index contributed by atoms with van der Waals surface area (Å²) in [7, 11) is 0. The number of fused-ring (bicyclic) bond motifs is 3. The summed E-state index contributed by atoms with van der Waals surface area (Å²) in [5.74, 6) is -0.853. The predicted octanol–water partition coefficient (Wildman–Crippen LogP) is 3.83. The summed E-state index contributed by atoms with van der Waals surface area (Å²) in [6, 6.07) is 7.42. The molecule has 0 spiro atoms. The SMILES string of the molecule is O=c1c2c3c(sc2ncn1Cc1ccncc1)C[C@H](NCc1cc(F)ccc1F)CC3. The Morgan fingerprint density at radius 1 is 1.19 bits per heavy atom. The number of nitrogens with zero attached hydrogens (tertiary/aromatic N) is 3. The van der Waals surface area contributed by atoms with E-state index in [0.29, 0.717) is 17.5 Å². The second kappa shape index (κ2) is 8.28. The van der Waals surface area contributed by atoms with Crippen molar-refractivity contribution in [3.63, 3.8) is 0 Å². The van der Waals surface area contributed by atoms with Crippen LogP contribution in [0.3, 0.4) is 0 Å². The van der Waals surface area contributed by atoms with Crippen LogP contribution >= 0.6 is 11.3 Å². The molecule has 0 saturated carbocycles. The monoisotopic (exact) mass is 438 g/mol. The number of benzene rings is 1. The Kier molecular flexibility index (Phi) is 5.33. The Hall–Kier alpha value is -2.97. The quantitative estimate of drug-likeness (QED) is 0.515. The van der Waals surface area contributed by atoms with Gasteiger partial charge in [-0.3, -0.25) is 14.3 Å². The highest BCUT2D eigenvalue weighted by atomic mass is 32.1. The van der Waals surface area contributed by atoms with Gasteiger partial charge in [0.25, 0.3) is 5.56 Å². The number of thiophene rings is 1. The molecule has 1 atom stereocenters. The van der Waals surface area contributed by atoms with Gasteiger partial charge >= 0.3 is 0 Å².